The van der Waals surface area contributed by atoms with Crippen LogP contribution < -0.4 is 5.73 Å². The number of rotatable bonds is 2. The van der Waals surface area contributed by atoms with Crippen molar-refractivity contribution in [2.45, 2.75) is 19.9 Å². The van der Waals surface area contributed by atoms with Gasteiger partial charge in [0, 0.05) is 0 Å². The molecule has 0 atom stereocenters. The number of hydrogen-bond acceptors (Lipinski definition) is 2. The number of hydrogen-bond donors (Lipinski definition) is 1. The summed E-state index contributed by atoms with van der Waals surface area (Å²) in [6.45, 7) is 1.27. The van der Waals surface area contributed by atoms with Crippen molar-refractivity contribution in [2.75, 3.05) is 5.73 Å². The lowest BCUT2D eigenvalue weighted by atomic mass is 10.4. The van der Waals surface area contributed by atoms with Gasteiger partial charge >= 0.3 is 0 Å². The minimum Gasteiger partial charge on any atom is -0.396 e. The Labute approximate surface area is 62.8 Å². The lowest BCUT2D eigenvalue weighted by Crippen LogP contribution is -2.09. The van der Waals surface area contributed by atoms with E-state index in [9.17, 15) is 8.78 Å². The molecule has 0 fully saturated rings. The Morgan fingerprint density at radius 3 is 2.73 bits per heavy atom. The summed E-state index contributed by atoms with van der Waals surface area (Å²) in [7, 11) is 0. The first-order valence-electron chi connectivity index (χ1n) is 3.17. The zero-order valence-electron chi connectivity index (χ0n) is 6.09. The van der Waals surface area contributed by atoms with Crippen LogP contribution in [0.3, 0.4) is 0 Å². The topological polar surface area (TPSA) is 43.8 Å². The van der Waals surface area contributed by atoms with Gasteiger partial charge in [-0.3, -0.25) is 4.68 Å². The van der Waals surface area contributed by atoms with Gasteiger partial charge in [0.25, 0.3) is 6.43 Å². The lowest BCUT2D eigenvalue weighted by Gasteiger charge is -2.01. The summed E-state index contributed by atoms with van der Waals surface area (Å²) in [5.41, 5.74) is 6.43. The maximum Gasteiger partial charge on any atom is 0.257 e. The van der Waals surface area contributed by atoms with Gasteiger partial charge in [0.1, 0.15) is 6.54 Å². The SMILES string of the molecule is Cc1c(N)cnn1CC(F)F. The number of nitrogens with zero attached hydrogens (tertiary/aromatic N) is 2. The van der Waals surface area contributed by atoms with Crippen LogP contribution in [0.2, 0.25) is 0 Å². The van der Waals surface area contributed by atoms with Crippen molar-refractivity contribution >= 4 is 5.69 Å². The second kappa shape index (κ2) is 2.86. The molecule has 0 aliphatic carbocycles. The predicted octanol–water partition coefficient (Wildman–Crippen LogP) is 1.04. The molecule has 0 spiro atoms. The highest BCUT2D eigenvalue weighted by atomic mass is 19.3. The average Bonchev–Trinajstić information content (AvgIpc) is 2.18. The number of alkyl halides is 2. The highest BCUT2D eigenvalue weighted by Crippen LogP contribution is 2.09. The fourth-order valence-corrected chi connectivity index (χ4v) is 0.776. The van der Waals surface area contributed by atoms with Crippen LogP contribution in [0.5, 0.6) is 0 Å². The summed E-state index contributed by atoms with van der Waals surface area (Å²) in [6.07, 6.45) is -1.01. The summed E-state index contributed by atoms with van der Waals surface area (Å²) in [4.78, 5) is 0. The Bertz CT molecular complexity index is 244. The highest BCUT2D eigenvalue weighted by molar-refractivity contribution is 5.39. The molecule has 0 radical (unpaired) electrons. The molecule has 0 saturated carbocycles. The molecule has 0 aliphatic rings. The molecular weight excluding hydrogens is 152 g/mol. The Morgan fingerprint density at radius 2 is 2.36 bits per heavy atom. The van der Waals surface area contributed by atoms with Crippen LogP contribution in [0.15, 0.2) is 6.20 Å². The molecule has 0 aliphatic heterocycles. The van der Waals surface area contributed by atoms with Gasteiger partial charge in [0.2, 0.25) is 0 Å². The van der Waals surface area contributed by atoms with Gasteiger partial charge in [-0.25, -0.2) is 8.78 Å². The maximum absolute atomic E-state index is 11.8. The Balaban J connectivity index is 2.79. The molecule has 1 aromatic rings. The van der Waals surface area contributed by atoms with Crippen molar-refractivity contribution in [3.63, 3.8) is 0 Å². The van der Waals surface area contributed by atoms with Crippen molar-refractivity contribution in [1.29, 1.82) is 0 Å². The highest BCUT2D eigenvalue weighted by Gasteiger charge is 2.08. The van der Waals surface area contributed by atoms with E-state index < -0.39 is 6.43 Å². The third-order valence-electron chi connectivity index (χ3n) is 1.45. The van der Waals surface area contributed by atoms with Gasteiger partial charge in [0.05, 0.1) is 17.6 Å². The molecule has 0 bridgehead atoms. The molecular formula is C6H9F2N3. The number of nitrogens with two attached hydrogens (primary N) is 1. The summed E-state index contributed by atoms with van der Waals surface area (Å²) in [5, 5.41) is 3.67. The molecule has 1 heterocycles. The van der Waals surface area contributed by atoms with Crippen LogP contribution in [0.25, 0.3) is 0 Å². The molecule has 62 valence electrons. The van der Waals surface area contributed by atoms with Crippen molar-refractivity contribution in [2.24, 2.45) is 0 Å². The fraction of sp³-hybridized carbons (Fsp3) is 0.500. The van der Waals surface area contributed by atoms with Crippen LogP contribution in [0.4, 0.5) is 14.5 Å². The van der Waals surface area contributed by atoms with Crippen LogP contribution in [0, 0.1) is 6.92 Å². The largest absolute Gasteiger partial charge is 0.396 e. The van der Waals surface area contributed by atoms with Crippen molar-refractivity contribution in [1.82, 2.24) is 9.78 Å². The molecule has 1 aromatic heterocycles. The minimum absolute atomic E-state index is 0.386. The first-order chi connectivity index (χ1) is 5.11. The summed E-state index contributed by atoms with van der Waals surface area (Å²) in [6, 6.07) is 0. The Morgan fingerprint density at radius 1 is 1.73 bits per heavy atom. The van der Waals surface area contributed by atoms with E-state index in [0.29, 0.717) is 11.4 Å². The molecule has 3 nitrogen and oxygen atoms in total. The first-order valence-corrected chi connectivity index (χ1v) is 3.17. The molecule has 0 aromatic carbocycles. The molecule has 1 rings (SSSR count). The van der Waals surface area contributed by atoms with Gasteiger partial charge in [-0.15, -0.1) is 0 Å². The van der Waals surface area contributed by atoms with Gasteiger partial charge in [0.15, 0.2) is 0 Å². The third-order valence-corrected chi connectivity index (χ3v) is 1.45. The number of aromatic nitrogens is 2. The van der Waals surface area contributed by atoms with Crippen LogP contribution in [0.1, 0.15) is 5.69 Å². The predicted molar refractivity (Wildman–Crippen MR) is 37.4 cm³/mol. The van der Waals surface area contributed by atoms with E-state index in [0.717, 1.165) is 0 Å². The maximum atomic E-state index is 11.8. The van der Waals surface area contributed by atoms with Crippen molar-refractivity contribution in [3.05, 3.63) is 11.9 Å². The van der Waals surface area contributed by atoms with Crippen molar-refractivity contribution in [3.8, 4) is 0 Å². The lowest BCUT2D eigenvalue weighted by molar-refractivity contribution is 0.121. The van der Waals surface area contributed by atoms with Crippen LogP contribution in [-0.2, 0) is 6.54 Å². The second-order valence-electron chi connectivity index (χ2n) is 2.26. The molecule has 11 heavy (non-hydrogen) atoms. The van der Waals surface area contributed by atoms with Crippen LogP contribution in [-0.4, -0.2) is 16.2 Å². The monoisotopic (exact) mass is 161 g/mol. The normalized spacial score (nSPS) is 10.9. The number of halogens is 2. The second-order valence-corrected chi connectivity index (χ2v) is 2.26. The third kappa shape index (κ3) is 1.66. The number of anilines is 1. The zero-order chi connectivity index (χ0) is 8.43. The van der Waals surface area contributed by atoms with E-state index in [-0.39, 0.29) is 6.54 Å². The standard InChI is InChI=1S/C6H9F2N3/c1-4-5(9)2-10-11(4)3-6(7)8/h2,6H,3,9H2,1H3. The first kappa shape index (κ1) is 7.97. The molecule has 0 unspecified atom stereocenters. The number of nitrogen functional groups attached to an aromatic ring is 1. The minimum atomic E-state index is -2.38. The summed E-state index contributed by atoms with van der Waals surface area (Å²) in [5.74, 6) is 0. The molecule has 2 N–H and O–H groups in total. The van der Waals surface area contributed by atoms with E-state index >= 15 is 0 Å². The van der Waals surface area contributed by atoms with E-state index in [4.69, 9.17) is 5.73 Å². The van der Waals surface area contributed by atoms with Gasteiger partial charge < -0.3 is 5.73 Å². The van der Waals surface area contributed by atoms with E-state index in [2.05, 4.69) is 5.10 Å². The molecule has 0 saturated heterocycles. The average molecular weight is 161 g/mol. The quantitative estimate of drug-likeness (QED) is 0.704. The molecule has 0 amide bonds. The van der Waals surface area contributed by atoms with Gasteiger partial charge in [-0.05, 0) is 6.92 Å². The zero-order valence-corrected chi connectivity index (χ0v) is 6.09. The summed E-state index contributed by atoms with van der Waals surface area (Å²) < 4.78 is 24.8. The van der Waals surface area contributed by atoms with Gasteiger partial charge in [-0.1, -0.05) is 0 Å². The smallest absolute Gasteiger partial charge is 0.257 e. The van der Waals surface area contributed by atoms with Crippen LogP contribution >= 0.6 is 0 Å². The Hall–Kier alpha value is -1.13. The summed E-state index contributed by atoms with van der Waals surface area (Å²) >= 11 is 0. The fourth-order valence-electron chi connectivity index (χ4n) is 0.776. The van der Waals surface area contributed by atoms with E-state index in [1.54, 1.807) is 6.92 Å². The Kier molecular flexibility index (Phi) is 2.07. The molecule has 5 heteroatoms. The van der Waals surface area contributed by atoms with Gasteiger partial charge in [-0.2, -0.15) is 5.10 Å². The van der Waals surface area contributed by atoms with E-state index in [1.165, 1.54) is 10.9 Å². The van der Waals surface area contributed by atoms with Crippen molar-refractivity contribution < 1.29 is 8.78 Å². The van der Waals surface area contributed by atoms with E-state index in [1.807, 2.05) is 0 Å².